The van der Waals surface area contributed by atoms with Crippen molar-refractivity contribution in [2.75, 3.05) is 13.2 Å². The van der Waals surface area contributed by atoms with Crippen molar-refractivity contribution < 1.29 is 23.0 Å². The second kappa shape index (κ2) is 6.58. The van der Waals surface area contributed by atoms with E-state index in [0.29, 0.717) is 23.0 Å². The number of halogens is 4. The van der Waals surface area contributed by atoms with Crippen LogP contribution in [0, 0.1) is 6.92 Å². The molecule has 8 heteroatoms. The molecule has 19 heavy (non-hydrogen) atoms. The fourth-order valence-electron chi connectivity index (χ4n) is 1.66. The number of aliphatic hydroxyl groups is 1. The number of alkyl halides is 3. The standard InChI is InChI=1S/C11H16ClF3N2O2/c1-3-17-9(10(12)7(2)16-17)4-8(18)5-19-6-11(13,14)15/h8,18H,3-6H2,1-2H3. The molecule has 1 heterocycles. The van der Waals surface area contributed by atoms with E-state index in [0.717, 1.165) is 0 Å². The largest absolute Gasteiger partial charge is 0.411 e. The maximum absolute atomic E-state index is 11.9. The first-order valence-corrected chi connectivity index (χ1v) is 6.16. The predicted molar refractivity (Wildman–Crippen MR) is 64.2 cm³/mol. The zero-order valence-electron chi connectivity index (χ0n) is 10.7. The summed E-state index contributed by atoms with van der Waals surface area (Å²) in [6, 6.07) is 0. The summed E-state index contributed by atoms with van der Waals surface area (Å²) in [5.74, 6) is 0. The molecule has 1 atom stereocenters. The number of ether oxygens (including phenoxy) is 1. The highest BCUT2D eigenvalue weighted by molar-refractivity contribution is 6.31. The van der Waals surface area contributed by atoms with Crippen LogP contribution in [0.1, 0.15) is 18.3 Å². The third-order valence-corrected chi connectivity index (χ3v) is 2.95. The third kappa shape index (κ3) is 5.00. The Morgan fingerprint density at radius 1 is 1.47 bits per heavy atom. The van der Waals surface area contributed by atoms with Gasteiger partial charge in [0.25, 0.3) is 0 Å². The lowest BCUT2D eigenvalue weighted by Crippen LogP contribution is -2.25. The molecule has 0 saturated carbocycles. The van der Waals surface area contributed by atoms with Crippen molar-refractivity contribution in [1.82, 2.24) is 9.78 Å². The molecule has 1 unspecified atom stereocenters. The van der Waals surface area contributed by atoms with E-state index in [-0.39, 0.29) is 6.42 Å². The minimum absolute atomic E-state index is 0.103. The molecule has 0 amide bonds. The van der Waals surface area contributed by atoms with Gasteiger partial charge in [-0.15, -0.1) is 0 Å². The molecule has 0 spiro atoms. The Bertz CT molecular complexity index is 421. The van der Waals surface area contributed by atoms with Gasteiger partial charge in [-0.25, -0.2) is 0 Å². The van der Waals surface area contributed by atoms with Gasteiger partial charge < -0.3 is 9.84 Å². The molecular weight excluding hydrogens is 285 g/mol. The van der Waals surface area contributed by atoms with Crippen LogP contribution in [0.4, 0.5) is 13.2 Å². The first-order chi connectivity index (χ1) is 8.74. The van der Waals surface area contributed by atoms with Crippen LogP contribution in [-0.2, 0) is 17.7 Å². The topological polar surface area (TPSA) is 47.3 Å². The summed E-state index contributed by atoms with van der Waals surface area (Å²) < 4.78 is 41.7. The average molecular weight is 301 g/mol. The van der Waals surface area contributed by atoms with Gasteiger partial charge in [-0.05, 0) is 13.8 Å². The highest BCUT2D eigenvalue weighted by Crippen LogP contribution is 2.22. The van der Waals surface area contributed by atoms with E-state index in [4.69, 9.17) is 11.6 Å². The summed E-state index contributed by atoms with van der Waals surface area (Å²) in [6.45, 7) is 2.38. The van der Waals surface area contributed by atoms with Gasteiger partial charge in [0.05, 0.1) is 29.1 Å². The van der Waals surface area contributed by atoms with Gasteiger partial charge in [0.2, 0.25) is 0 Å². The lowest BCUT2D eigenvalue weighted by molar-refractivity contribution is -0.179. The molecule has 1 aromatic heterocycles. The van der Waals surface area contributed by atoms with Crippen LogP contribution < -0.4 is 0 Å². The Balaban J connectivity index is 2.55. The van der Waals surface area contributed by atoms with Crippen LogP contribution in [0.3, 0.4) is 0 Å². The monoisotopic (exact) mass is 300 g/mol. The molecular formula is C11H16ClF3N2O2. The van der Waals surface area contributed by atoms with E-state index in [1.54, 1.807) is 11.6 Å². The van der Waals surface area contributed by atoms with E-state index in [2.05, 4.69) is 9.84 Å². The molecule has 1 aromatic rings. The van der Waals surface area contributed by atoms with E-state index in [1.807, 2.05) is 6.92 Å². The van der Waals surface area contributed by atoms with E-state index in [1.165, 1.54) is 0 Å². The third-order valence-electron chi connectivity index (χ3n) is 2.46. The minimum atomic E-state index is -4.39. The molecule has 4 nitrogen and oxygen atoms in total. The lowest BCUT2D eigenvalue weighted by Gasteiger charge is -2.13. The Morgan fingerprint density at radius 3 is 2.63 bits per heavy atom. The Morgan fingerprint density at radius 2 is 2.11 bits per heavy atom. The molecule has 110 valence electrons. The van der Waals surface area contributed by atoms with E-state index in [9.17, 15) is 18.3 Å². The summed E-state index contributed by atoms with van der Waals surface area (Å²) in [5, 5.41) is 14.2. The van der Waals surface area contributed by atoms with Crippen LogP contribution in [0.25, 0.3) is 0 Å². The Labute approximate surface area is 114 Å². The normalized spacial score (nSPS) is 13.8. The quantitative estimate of drug-likeness (QED) is 0.877. The second-order valence-corrected chi connectivity index (χ2v) is 4.53. The van der Waals surface area contributed by atoms with Gasteiger partial charge in [-0.2, -0.15) is 18.3 Å². The van der Waals surface area contributed by atoms with E-state index >= 15 is 0 Å². The summed E-state index contributed by atoms with van der Waals surface area (Å²) >= 11 is 6.03. The molecule has 0 aliphatic carbocycles. The smallest absolute Gasteiger partial charge is 0.390 e. The van der Waals surface area contributed by atoms with Crippen molar-refractivity contribution in [1.29, 1.82) is 0 Å². The van der Waals surface area contributed by atoms with Gasteiger partial charge in [0.1, 0.15) is 6.61 Å². The second-order valence-electron chi connectivity index (χ2n) is 4.15. The first kappa shape index (κ1) is 16.3. The van der Waals surface area contributed by atoms with Crippen LogP contribution in [0.5, 0.6) is 0 Å². The fraction of sp³-hybridized carbons (Fsp3) is 0.727. The van der Waals surface area contributed by atoms with Crippen LogP contribution in [-0.4, -0.2) is 40.4 Å². The van der Waals surface area contributed by atoms with Gasteiger partial charge in [-0.1, -0.05) is 11.6 Å². The highest BCUT2D eigenvalue weighted by atomic mass is 35.5. The summed E-state index contributed by atoms with van der Waals surface area (Å²) in [5.41, 5.74) is 1.23. The average Bonchev–Trinajstić information content (AvgIpc) is 2.55. The molecule has 0 aromatic carbocycles. The minimum Gasteiger partial charge on any atom is -0.390 e. The number of aromatic nitrogens is 2. The summed E-state index contributed by atoms with van der Waals surface area (Å²) in [6.07, 6.45) is -5.34. The SMILES string of the molecule is CCn1nc(C)c(Cl)c1CC(O)COCC(F)(F)F. The maximum atomic E-state index is 11.9. The molecule has 0 aliphatic heterocycles. The number of aliphatic hydroxyl groups excluding tert-OH is 1. The zero-order chi connectivity index (χ0) is 14.6. The van der Waals surface area contributed by atoms with Crippen LogP contribution in [0.2, 0.25) is 5.02 Å². The Kier molecular flexibility index (Phi) is 5.64. The molecule has 0 fully saturated rings. The highest BCUT2D eigenvalue weighted by Gasteiger charge is 2.28. The van der Waals surface area contributed by atoms with Crippen molar-refractivity contribution in [3.8, 4) is 0 Å². The lowest BCUT2D eigenvalue weighted by atomic mass is 10.2. The van der Waals surface area contributed by atoms with Crippen LogP contribution in [0.15, 0.2) is 0 Å². The van der Waals surface area contributed by atoms with Crippen molar-refractivity contribution in [3.63, 3.8) is 0 Å². The predicted octanol–water partition coefficient (Wildman–Crippen LogP) is 2.35. The number of hydrogen-bond donors (Lipinski definition) is 1. The maximum Gasteiger partial charge on any atom is 0.411 e. The van der Waals surface area contributed by atoms with Crippen molar-refractivity contribution in [2.45, 2.75) is 39.1 Å². The van der Waals surface area contributed by atoms with Gasteiger partial charge in [-0.3, -0.25) is 4.68 Å². The summed E-state index contributed by atoms with van der Waals surface area (Å²) in [7, 11) is 0. The van der Waals surface area contributed by atoms with E-state index < -0.39 is 25.5 Å². The van der Waals surface area contributed by atoms with Crippen molar-refractivity contribution >= 4 is 11.6 Å². The molecule has 0 aliphatic rings. The molecule has 0 saturated heterocycles. The van der Waals surface area contributed by atoms with Gasteiger partial charge >= 0.3 is 6.18 Å². The van der Waals surface area contributed by atoms with Crippen molar-refractivity contribution in [2.24, 2.45) is 0 Å². The summed E-state index contributed by atoms with van der Waals surface area (Å²) in [4.78, 5) is 0. The zero-order valence-corrected chi connectivity index (χ0v) is 11.4. The Hall–Kier alpha value is -0.790. The number of hydrogen-bond acceptors (Lipinski definition) is 3. The first-order valence-electron chi connectivity index (χ1n) is 5.79. The van der Waals surface area contributed by atoms with Gasteiger partial charge in [0.15, 0.2) is 0 Å². The fourth-order valence-corrected chi connectivity index (χ4v) is 1.87. The van der Waals surface area contributed by atoms with Crippen LogP contribution >= 0.6 is 11.6 Å². The molecule has 1 N–H and O–H groups in total. The number of aryl methyl sites for hydroxylation is 2. The van der Waals surface area contributed by atoms with Crippen molar-refractivity contribution in [3.05, 3.63) is 16.4 Å². The molecule has 0 radical (unpaired) electrons. The number of nitrogens with zero attached hydrogens (tertiary/aromatic N) is 2. The molecule has 1 rings (SSSR count). The molecule has 0 bridgehead atoms. The number of rotatable bonds is 6. The van der Waals surface area contributed by atoms with Gasteiger partial charge in [0, 0.05) is 13.0 Å².